The highest BCUT2D eigenvalue weighted by molar-refractivity contribution is 6.15. The van der Waals surface area contributed by atoms with Gasteiger partial charge in [-0.25, -0.2) is 0 Å². The van der Waals surface area contributed by atoms with E-state index in [-0.39, 0.29) is 0 Å². The predicted molar refractivity (Wildman–Crippen MR) is 253 cm³/mol. The van der Waals surface area contributed by atoms with Gasteiger partial charge in [0.25, 0.3) is 0 Å². The van der Waals surface area contributed by atoms with E-state index in [4.69, 9.17) is 4.42 Å². The zero-order valence-corrected chi connectivity index (χ0v) is 33.7. The minimum Gasteiger partial charge on any atom is -0.455 e. The van der Waals surface area contributed by atoms with Crippen molar-refractivity contribution in [1.82, 2.24) is 9.13 Å². The first-order valence-corrected chi connectivity index (χ1v) is 20.7. The Bertz CT molecular complexity index is 3650. The summed E-state index contributed by atoms with van der Waals surface area (Å²) in [6.45, 7) is 6.63. The SMILES string of the molecule is Cc1cc(C)c(-c2cc(-c3ccc4c(c3)c3ccccc3n4-c3ccccc3)cc3c2oc2ccc(-c4ccc5c(c4)c4ccccc4n5-c4ccccc4)cc23)c(C)c1. The summed E-state index contributed by atoms with van der Waals surface area (Å²) >= 11 is 0. The molecule has 12 aromatic rings. The lowest BCUT2D eigenvalue weighted by atomic mass is 9.89. The molecular formula is C57H40N2O. The number of para-hydroxylation sites is 4. The normalized spacial score (nSPS) is 11.9. The van der Waals surface area contributed by atoms with E-state index < -0.39 is 0 Å². The van der Waals surface area contributed by atoms with E-state index in [0.717, 1.165) is 44.4 Å². The molecule has 3 nitrogen and oxygen atoms in total. The van der Waals surface area contributed by atoms with Crippen LogP contribution >= 0.6 is 0 Å². The van der Waals surface area contributed by atoms with E-state index in [1.54, 1.807) is 0 Å². The second kappa shape index (κ2) is 13.2. The van der Waals surface area contributed by atoms with Crippen LogP contribution in [-0.4, -0.2) is 9.13 Å². The summed E-state index contributed by atoms with van der Waals surface area (Å²) in [4.78, 5) is 0. The van der Waals surface area contributed by atoms with E-state index in [0.29, 0.717) is 0 Å². The number of aromatic nitrogens is 2. The molecule has 0 bridgehead atoms. The number of hydrogen-bond acceptors (Lipinski definition) is 1. The number of hydrogen-bond donors (Lipinski definition) is 0. The molecule has 0 N–H and O–H groups in total. The molecule has 0 aliphatic rings. The topological polar surface area (TPSA) is 23.0 Å². The van der Waals surface area contributed by atoms with Crippen molar-refractivity contribution in [1.29, 1.82) is 0 Å². The summed E-state index contributed by atoms with van der Waals surface area (Å²) < 4.78 is 11.7. The highest BCUT2D eigenvalue weighted by atomic mass is 16.3. The molecule has 0 saturated carbocycles. The molecule has 0 aliphatic heterocycles. The van der Waals surface area contributed by atoms with Crippen LogP contribution in [0.3, 0.4) is 0 Å². The predicted octanol–water partition coefficient (Wildman–Crippen LogP) is 15.7. The molecule has 0 aliphatic carbocycles. The summed E-state index contributed by atoms with van der Waals surface area (Å²) in [6.07, 6.45) is 0. The van der Waals surface area contributed by atoms with Gasteiger partial charge in [0, 0.05) is 49.3 Å². The van der Waals surface area contributed by atoms with Gasteiger partial charge in [0.05, 0.1) is 22.1 Å². The molecule has 0 unspecified atom stereocenters. The van der Waals surface area contributed by atoms with Gasteiger partial charge in [0.15, 0.2) is 0 Å². The van der Waals surface area contributed by atoms with Crippen LogP contribution in [0.5, 0.6) is 0 Å². The van der Waals surface area contributed by atoms with Crippen molar-refractivity contribution >= 4 is 65.6 Å². The van der Waals surface area contributed by atoms with Crippen LogP contribution in [-0.2, 0) is 0 Å². The van der Waals surface area contributed by atoms with Gasteiger partial charge in [-0.3, -0.25) is 0 Å². The third kappa shape index (κ3) is 5.22. The van der Waals surface area contributed by atoms with Gasteiger partial charge in [0.2, 0.25) is 0 Å². The lowest BCUT2D eigenvalue weighted by molar-refractivity contribution is 0.670. The molecule has 12 rings (SSSR count). The molecule has 0 saturated heterocycles. The first-order chi connectivity index (χ1) is 29.5. The molecule has 284 valence electrons. The highest BCUT2D eigenvalue weighted by Crippen LogP contribution is 2.44. The highest BCUT2D eigenvalue weighted by Gasteiger charge is 2.21. The zero-order chi connectivity index (χ0) is 40.1. The minimum absolute atomic E-state index is 0.887. The van der Waals surface area contributed by atoms with Crippen molar-refractivity contribution in [3.8, 4) is 44.8 Å². The van der Waals surface area contributed by atoms with E-state index in [9.17, 15) is 0 Å². The lowest BCUT2D eigenvalue weighted by Crippen LogP contribution is -1.93. The van der Waals surface area contributed by atoms with E-state index >= 15 is 0 Å². The molecule has 0 fully saturated rings. The second-order valence-corrected chi connectivity index (χ2v) is 16.3. The van der Waals surface area contributed by atoms with Crippen molar-refractivity contribution in [2.75, 3.05) is 0 Å². The zero-order valence-electron chi connectivity index (χ0n) is 33.7. The molecule has 9 aromatic carbocycles. The molecule has 0 radical (unpaired) electrons. The Morgan fingerprint density at radius 2 is 0.800 bits per heavy atom. The number of benzene rings is 9. The van der Waals surface area contributed by atoms with Gasteiger partial charge in [-0.2, -0.15) is 0 Å². The molecular weight excluding hydrogens is 729 g/mol. The Labute approximate surface area is 348 Å². The smallest absolute Gasteiger partial charge is 0.143 e. The minimum atomic E-state index is 0.887. The number of aryl methyl sites for hydroxylation is 3. The van der Waals surface area contributed by atoms with Crippen LogP contribution in [0.4, 0.5) is 0 Å². The average molecular weight is 769 g/mol. The summed E-state index contributed by atoms with van der Waals surface area (Å²) in [5.41, 5.74) is 19.7. The fraction of sp³-hybridized carbons (Fsp3) is 0.0526. The maximum Gasteiger partial charge on any atom is 0.143 e. The second-order valence-electron chi connectivity index (χ2n) is 16.3. The van der Waals surface area contributed by atoms with Gasteiger partial charge in [-0.05, 0) is 145 Å². The largest absolute Gasteiger partial charge is 0.455 e. The molecule has 3 heterocycles. The molecule has 0 spiro atoms. The summed E-state index contributed by atoms with van der Waals surface area (Å²) in [5, 5.41) is 7.19. The van der Waals surface area contributed by atoms with Crippen LogP contribution in [0.2, 0.25) is 0 Å². The Hall–Kier alpha value is -7.62. The fourth-order valence-corrected chi connectivity index (χ4v) is 10.0. The van der Waals surface area contributed by atoms with Crippen molar-refractivity contribution in [3.05, 3.63) is 205 Å². The molecule has 0 amide bonds. The molecule has 3 heteroatoms. The van der Waals surface area contributed by atoms with Gasteiger partial charge >= 0.3 is 0 Å². The van der Waals surface area contributed by atoms with Crippen LogP contribution in [0.1, 0.15) is 16.7 Å². The quantitative estimate of drug-likeness (QED) is 0.171. The summed E-state index contributed by atoms with van der Waals surface area (Å²) in [6, 6.07) is 68.6. The average Bonchev–Trinajstić information content (AvgIpc) is 3.93. The molecule has 60 heavy (non-hydrogen) atoms. The number of fused-ring (bicyclic) bond motifs is 9. The van der Waals surface area contributed by atoms with Crippen LogP contribution in [0.25, 0.3) is 110 Å². The van der Waals surface area contributed by atoms with Crippen molar-refractivity contribution < 1.29 is 4.42 Å². The van der Waals surface area contributed by atoms with Gasteiger partial charge in [-0.15, -0.1) is 0 Å². The maximum absolute atomic E-state index is 6.91. The Balaban J connectivity index is 1.08. The Kier molecular flexibility index (Phi) is 7.58. The van der Waals surface area contributed by atoms with E-state index in [1.165, 1.54) is 82.6 Å². The number of nitrogens with zero attached hydrogens (tertiary/aromatic N) is 2. The molecule has 3 aromatic heterocycles. The van der Waals surface area contributed by atoms with E-state index in [2.05, 4.69) is 218 Å². The third-order valence-corrected chi connectivity index (χ3v) is 12.6. The van der Waals surface area contributed by atoms with Crippen molar-refractivity contribution in [2.24, 2.45) is 0 Å². The standard InChI is InChI=1S/C57H40N2O/c1-35-28-36(2)56(37(3)29-35)50-34-41(40-23-26-54-47(31-40)45-19-11-13-21-52(45)59(54)43-16-8-5-9-17-43)33-49-48-32-39(24-27-55(48)60-57(49)50)38-22-25-53-46(30-38)44-18-10-12-20-51(44)58(53)42-14-6-4-7-15-42/h4-34H,1-3H3. The van der Waals surface area contributed by atoms with Crippen LogP contribution in [0.15, 0.2) is 192 Å². The third-order valence-electron chi connectivity index (χ3n) is 12.6. The number of rotatable bonds is 5. The Morgan fingerprint density at radius 1 is 0.350 bits per heavy atom. The first-order valence-electron chi connectivity index (χ1n) is 20.7. The monoisotopic (exact) mass is 768 g/mol. The van der Waals surface area contributed by atoms with Crippen molar-refractivity contribution in [3.63, 3.8) is 0 Å². The Morgan fingerprint density at radius 3 is 1.37 bits per heavy atom. The summed E-state index contributed by atoms with van der Waals surface area (Å²) in [5.74, 6) is 0. The number of furan rings is 1. The first kappa shape index (κ1) is 34.4. The van der Waals surface area contributed by atoms with Crippen LogP contribution in [0, 0.1) is 20.8 Å². The van der Waals surface area contributed by atoms with Gasteiger partial charge in [-0.1, -0.05) is 109 Å². The summed E-state index contributed by atoms with van der Waals surface area (Å²) in [7, 11) is 0. The maximum atomic E-state index is 6.91. The van der Waals surface area contributed by atoms with Gasteiger partial charge in [0.1, 0.15) is 11.2 Å². The molecule has 0 atom stereocenters. The van der Waals surface area contributed by atoms with Crippen molar-refractivity contribution in [2.45, 2.75) is 20.8 Å². The van der Waals surface area contributed by atoms with E-state index in [1.807, 2.05) is 0 Å². The van der Waals surface area contributed by atoms with Gasteiger partial charge < -0.3 is 13.6 Å². The van der Waals surface area contributed by atoms with Crippen LogP contribution < -0.4 is 0 Å². The fourth-order valence-electron chi connectivity index (χ4n) is 10.0. The lowest BCUT2D eigenvalue weighted by Gasteiger charge is -2.14.